The second-order valence-electron chi connectivity index (χ2n) is 4.94. The Morgan fingerprint density at radius 1 is 1.58 bits per heavy atom. The molecule has 0 aliphatic carbocycles. The molecule has 1 fully saturated rings. The largest absolute Gasteiger partial charge is 0.437 e. The van der Waals surface area contributed by atoms with Crippen molar-refractivity contribution in [1.29, 1.82) is 0 Å². The lowest BCUT2D eigenvalue weighted by molar-refractivity contribution is 0.151. The molecule has 2 N–H and O–H groups in total. The molecule has 19 heavy (non-hydrogen) atoms. The van der Waals surface area contributed by atoms with Crippen molar-refractivity contribution in [3.05, 3.63) is 18.2 Å². The van der Waals surface area contributed by atoms with Crippen LogP contribution in [0.4, 0.5) is 0 Å². The molecule has 0 amide bonds. The van der Waals surface area contributed by atoms with Gasteiger partial charge in [-0.05, 0) is 6.82 Å². The molecule has 0 radical (unpaired) electrons. The van der Waals surface area contributed by atoms with Gasteiger partial charge in [-0.15, -0.1) is 0 Å². The van der Waals surface area contributed by atoms with E-state index in [9.17, 15) is 18.5 Å². The number of hydrogen-bond donors (Lipinski definition) is 2. The normalized spacial score (nSPS) is 25.2. The molecule has 1 saturated heterocycles. The van der Waals surface area contributed by atoms with Gasteiger partial charge in [0.05, 0.1) is 17.8 Å². The first-order chi connectivity index (χ1) is 8.81. The van der Waals surface area contributed by atoms with Gasteiger partial charge in [-0.3, -0.25) is 0 Å². The van der Waals surface area contributed by atoms with Crippen LogP contribution in [0.5, 0.6) is 0 Å². The average Bonchev–Trinajstić information content (AvgIpc) is 2.74. The molecule has 106 valence electrons. The standard InChI is InChI=1S/C10H18BN3O4S/c1-11(16)14-3-4-19(17,18)9(6-14)10(15)8-5-13(2)7-12-8/h5,7,9-10,15-16H,3-4,6H2,1-2H3. The Morgan fingerprint density at radius 2 is 2.26 bits per heavy atom. The highest BCUT2D eigenvalue weighted by atomic mass is 32.2. The first-order valence-corrected chi connectivity index (χ1v) is 7.82. The zero-order valence-corrected chi connectivity index (χ0v) is 11.8. The smallest absolute Gasteiger partial charge is 0.376 e. The third-order valence-electron chi connectivity index (χ3n) is 3.45. The summed E-state index contributed by atoms with van der Waals surface area (Å²) in [5.74, 6) is -0.0630. The van der Waals surface area contributed by atoms with Crippen LogP contribution in [0.25, 0.3) is 0 Å². The lowest BCUT2D eigenvalue weighted by Gasteiger charge is -2.34. The van der Waals surface area contributed by atoms with Crippen LogP contribution in [-0.2, 0) is 16.9 Å². The minimum absolute atomic E-state index is 0.0630. The fourth-order valence-electron chi connectivity index (χ4n) is 2.24. The van der Waals surface area contributed by atoms with Crippen molar-refractivity contribution >= 4 is 16.9 Å². The van der Waals surface area contributed by atoms with Crippen LogP contribution in [0, 0.1) is 0 Å². The van der Waals surface area contributed by atoms with Crippen LogP contribution in [-0.4, -0.2) is 64.1 Å². The minimum atomic E-state index is -3.38. The number of imidazole rings is 1. The SMILES string of the molecule is CB(O)N1CCS(=O)(=O)C(C(O)c2cn(C)cn2)C1. The molecule has 2 atom stereocenters. The highest BCUT2D eigenvalue weighted by Gasteiger charge is 2.40. The van der Waals surface area contributed by atoms with E-state index in [0.29, 0.717) is 5.69 Å². The topological polar surface area (TPSA) is 95.7 Å². The molecule has 1 aliphatic rings. The predicted octanol–water partition coefficient (Wildman–Crippen LogP) is -1.34. The van der Waals surface area contributed by atoms with Crippen LogP contribution in [0.1, 0.15) is 11.8 Å². The van der Waals surface area contributed by atoms with Crippen molar-refractivity contribution in [3.63, 3.8) is 0 Å². The summed E-state index contributed by atoms with van der Waals surface area (Å²) in [6.45, 7) is 1.98. The average molecular weight is 287 g/mol. The van der Waals surface area contributed by atoms with Crippen molar-refractivity contribution in [2.75, 3.05) is 18.8 Å². The van der Waals surface area contributed by atoms with E-state index in [4.69, 9.17) is 0 Å². The number of nitrogens with zero attached hydrogens (tertiary/aromatic N) is 3. The molecule has 0 spiro atoms. The van der Waals surface area contributed by atoms with E-state index in [1.54, 1.807) is 29.4 Å². The third-order valence-corrected chi connectivity index (χ3v) is 5.53. The van der Waals surface area contributed by atoms with E-state index >= 15 is 0 Å². The van der Waals surface area contributed by atoms with Gasteiger partial charge in [0, 0.05) is 26.3 Å². The number of rotatable bonds is 3. The molecule has 1 aromatic heterocycles. The second kappa shape index (κ2) is 5.24. The van der Waals surface area contributed by atoms with Gasteiger partial charge in [0.1, 0.15) is 11.4 Å². The summed E-state index contributed by atoms with van der Waals surface area (Å²) in [7, 11) is -2.36. The van der Waals surface area contributed by atoms with Crippen molar-refractivity contribution in [2.45, 2.75) is 18.2 Å². The summed E-state index contributed by atoms with van der Waals surface area (Å²) in [5, 5.41) is 18.8. The molecular weight excluding hydrogens is 269 g/mol. The van der Waals surface area contributed by atoms with Crippen LogP contribution >= 0.6 is 0 Å². The van der Waals surface area contributed by atoms with Gasteiger partial charge in [0.25, 0.3) is 0 Å². The maximum absolute atomic E-state index is 12.1. The van der Waals surface area contributed by atoms with Gasteiger partial charge >= 0.3 is 7.05 Å². The lowest BCUT2D eigenvalue weighted by atomic mass is 9.84. The zero-order chi connectivity index (χ0) is 14.2. The molecule has 9 heteroatoms. The molecule has 2 heterocycles. The fourth-order valence-corrected chi connectivity index (χ4v) is 3.99. The summed E-state index contributed by atoms with van der Waals surface area (Å²) in [6.07, 6.45) is 1.94. The van der Waals surface area contributed by atoms with Crippen molar-refractivity contribution in [3.8, 4) is 0 Å². The Morgan fingerprint density at radius 3 is 2.79 bits per heavy atom. The van der Waals surface area contributed by atoms with E-state index in [2.05, 4.69) is 4.98 Å². The summed E-state index contributed by atoms with van der Waals surface area (Å²) in [6, 6.07) is 0. The first-order valence-electron chi connectivity index (χ1n) is 6.11. The fraction of sp³-hybridized carbons (Fsp3) is 0.700. The summed E-state index contributed by atoms with van der Waals surface area (Å²) in [4.78, 5) is 5.63. The van der Waals surface area contributed by atoms with Gasteiger partial charge in [0.15, 0.2) is 9.84 Å². The van der Waals surface area contributed by atoms with Crippen molar-refractivity contribution in [2.24, 2.45) is 7.05 Å². The molecule has 0 saturated carbocycles. The maximum atomic E-state index is 12.1. The van der Waals surface area contributed by atoms with Gasteiger partial charge in [0.2, 0.25) is 0 Å². The molecule has 2 rings (SSSR count). The quantitative estimate of drug-likeness (QED) is 0.668. The van der Waals surface area contributed by atoms with Crippen LogP contribution < -0.4 is 0 Å². The number of sulfone groups is 1. The van der Waals surface area contributed by atoms with E-state index in [1.165, 1.54) is 6.33 Å². The van der Waals surface area contributed by atoms with Gasteiger partial charge in [-0.25, -0.2) is 13.4 Å². The highest BCUT2D eigenvalue weighted by Crippen LogP contribution is 2.25. The molecule has 0 aromatic carbocycles. The van der Waals surface area contributed by atoms with E-state index in [0.717, 1.165) is 0 Å². The Bertz CT molecular complexity index is 545. The van der Waals surface area contributed by atoms with Gasteiger partial charge < -0.3 is 19.5 Å². The Balaban J connectivity index is 2.24. The molecule has 1 aliphatic heterocycles. The Hall–Kier alpha value is -0.895. The van der Waals surface area contributed by atoms with Gasteiger partial charge in [-0.2, -0.15) is 0 Å². The van der Waals surface area contributed by atoms with E-state index in [-0.39, 0.29) is 18.8 Å². The van der Waals surface area contributed by atoms with Crippen molar-refractivity contribution in [1.82, 2.24) is 14.4 Å². The number of aryl methyl sites for hydroxylation is 1. The number of aromatic nitrogens is 2. The summed E-state index contributed by atoms with van der Waals surface area (Å²) < 4.78 is 25.8. The van der Waals surface area contributed by atoms with Crippen molar-refractivity contribution < 1.29 is 18.5 Å². The Labute approximate surface area is 112 Å². The zero-order valence-electron chi connectivity index (χ0n) is 11.0. The maximum Gasteiger partial charge on any atom is 0.376 e. The monoisotopic (exact) mass is 287 g/mol. The van der Waals surface area contributed by atoms with Crippen LogP contribution in [0.15, 0.2) is 12.5 Å². The van der Waals surface area contributed by atoms with Crippen LogP contribution in [0.2, 0.25) is 6.82 Å². The van der Waals surface area contributed by atoms with E-state index < -0.39 is 28.2 Å². The van der Waals surface area contributed by atoms with Crippen LogP contribution in [0.3, 0.4) is 0 Å². The van der Waals surface area contributed by atoms with E-state index in [1.807, 2.05) is 0 Å². The number of aliphatic hydroxyl groups is 1. The Kier molecular flexibility index (Phi) is 4.00. The molecule has 2 unspecified atom stereocenters. The molecular formula is C10H18BN3O4S. The molecule has 0 bridgehead atoms. The summed E-state index contributed by atoms with van der Waals surface area (Å²) >= 11 is 0. The molecule has 7 nitrogen and oxygen atoms in total. The predicted molar refractivity (Wildman–Crippen MR) is 71.2 cm³/mol. The lowest BCUT2D eigenvalue weighted by Crippen LogP contribution is -2.53. The summed E-state index contributed by atoms with van der Waals surface area (Å²) in [5.41, 5.74) is 0.337. The molecule has 1 aromatic rings. The minimum Gasteiger partial charge on any atom is -0.437 e. The third kappa shape index (κ3) is 2.99. The highest BCUT2D eigenvalue weighted by molar-refractivity contribution is 7.92. The first kappa shape index (κ1) is 14.5. The number of hydrogen-bond acceptors (Lipinski definition) is 6. The number of aliphatic hydroxyl groups excluding tert-OH is 1. The second-order valence-corrected chi connectivity index (χ2v) is 7.28. The van der Waals surface area contributed by atoms with Gasteiger partial charge in [-0.1, -0.05) is 0 Å².